The molecule has 0 spiro atoms. The summed E-state index contributed by atoms with van der Waals surface area (Å²) in [6.45, 7) is 6.31. The van der Waals surface area contributed by atoms with Crippen LogP contribution in [0.4, 0.5) is 0 Å². The lowest BCUT2D eigenvalue weighted by atomic mass is 9.81. The second kappa shape index (κ2) is 10.0. The van der Waals surface area contributed by atoms with Crippen LogP contribution in [0.2, 0.25) is 0 Å². The predicted molar refractivity (Wildman–Crippen MR) is 105 cm³/mol. The van der Waals surface area contributed by atoms with Gasteiger partial charge in [-0.1, -0.05) is 57.2 Å². The molecule has 1 aromatic heterocycles. The van der Waals surface area contributed by atoms with Crippen LogP contribution in [0.5, 0.6) is 0 Å². The summed E-state index contributed by atoms with van der Waals surface area (Å²) < 4.78 is 5.20. The Morgan fingerprint density at radius 1 is 1.19 bits per heavy atom. The van der Waals surface area contributed by atoms with E-state index in [2.05, 4.69) is 24.0 Å². The lowest BCUT2D eigenvalue weighted by Gasteiger charge is -2.22. The number of unbranched alkanes of at least 4 members (excludes halogenated alkanes) is 4. The maximum Gasteiger partial charge on any atom is 0.323 e. The van der Waals surface area contributed by atoms with Gasteiger partial charge in [-0.2, -0.15) is 5.26 Å². The number of aromatic amines is 1. The minimum atomic E-state index is -0.765. The van der Waals surface area contributed by atoms with E-state index in [1.54, 1.807) is 6.92 Å². The molecule has 0 saturated carbocycles. The monoisotopic (exact) mass is 354 g/mol. The van der Waals surface area contributed by atoms with Crippen molar-refractivity contribution in [3.8, 4) is 6.07 Å². The van der Waals surface area contributed by atoms with Gasteiger partial charge in [0.2, 0.25) is 0 Å². The Bertz CT molecular complexity index is 757. The normalized spacial score (nSPS) is 13.3. The van der Waals surface area contributed by atoms with Gasteiger partial charge in [-0.15, -0.1) is 0 Å². The Morgan fingerprint density at radius 2 is 1.92 bits per heavy atom. The number of H-pyrrole nitrogens is 1. The number of para-hydroxylation sites is 1. The maximum absolute atomic E-state index is 12.4. The number of rotatable bonds is 10. The van der Waals surface area contributed by atoms with Crippen LogP contribution in [0.25, 0.3) is 10.9 Å². The molecule has 0 saturated heterocycles. The highest BCUT2D eigenvalue weighted by Gasteiger charge is 2.33. The Kier molecular flexibility index (Phi) is 7.72. The van der Waals surface area contributed by atoms with Crippen molar-refractivity contribution in [3.05, 3.63) is 35.5 Å². The third kappa shape index (κ3) is 4.66. The highest BCUT2D eigenvalue weighted by atomic mass is 16.5. The fourth-order valence-electron chi connectivity index (χ4n) is 3.76. The second-order valence-electron chi connectivity index (χ2n) is 6.88. The van der Waals surface area contributed by atoms with E-state index in [4.69, 9.17) is 4.74 Å². The second-order valence-corrected chi connectivity index (χ2v) is 6.88. The molecule has 1 N–H and O–H groups in total. The van der Waals surface area contributed by atoms with Gasteiger partial charge in [0.25, 0.3) is 0 Å². The number of hydrogen-bond donors (Lipinski definition) is 1. The quantitative estimate of drug-likeness (QED) is 0.444. The number of carbonyl (C=O) groups is 1. The van der Waals surface area contributed by atoms with E-state index >= 15 is 0 Å². The Balaban J connectivity index is 2.34. The van der Waals surface area contributed by atoms with Crippen molar-refractivity contribution in [2.45, 2.75) is 65.2 Å². The zero-order valence-electron chi connectivity index (χ0n) is 16.2. The lowest BCUT2D eigenvalue weighted by Crippen LogP contribution is -2.24. The molecule has 0 radical (unpaired) electrons. The molecule has 1 heterocycles. The molecule has 0 aliphatic carbocycles. The number of ether oxygens (including phenoxy) is 1. The van der Waals surface area contributed by atoms with E-state index in [1.165, 1.54) is 19.3 Å². The summed E-state index contributed by atoms with van der Waals surface area (Å²) in [6.07, 6.45) is 6.61. The maximum atomic E-state index is 12.4. The van der Waals surface area contributed by atoms with Crippen LogP contribution >= 0.6 is 0 Å². The molecular formula is C22H30N2O2. The van der Waals surface area contributed by atoms with E-state index in [-0.39, 0.29) is 5.92 Å². The molecule has 4 nitrogen and oxygen atoms in total. The van der Waals surface area contributed by atoms with Crippen molar-refractivity contribution in [2.24, 2.45) is 5.92 Å². The zero-order chi connectivity index (χ0) is 18.9. The molecule has 2 rings (SSSR count). The minimum Gasteiger partial charge on any atom is -0.465 e. The fourth-order valence-corrected chi connectivity index (χ4v) is 3.76. The highest BCUT2D eigenvalue weighted by Crippen LogP contribution is 2.37. The summed E-state index contributed by atoms with van der Waals surface area (Å²) in [5.41, 5.74) is 3.18. The summed E-state index contributed by atoms with van der Waals surface area (Å²) in [5, 5.41) is 10.8. The molecule has 2 atom stereocenters. The number of benzene rings is 1. The van der Waals surface area contributed by atoms with Crippen LogP contribution < -0.4 is 0 Å². The third-order valence-electron chi connectivity index (χ3n) is 5.01. The fraction of sp³-hybridized carbons (Fsp3) is 0.545. The molecule has 0 amide bonds. The summed E-state index contributed by atoms with van der Waals surface area (Å²) in [6, 6.07) is 10.3. The van der Waals surface area contributed by atoms with Gasteiger partial charge in [-0.05, 0) is 31.9 Å². The molecule has 2 aromatic rings. The van der Waals surface area contributed by atoms with Crippen LogP contribution in [0.15, 0.2) is 24.3 Å². The van der Waals surface area contributed by atoms with Gasteiger partial charge in [-0.3, -0.25) is 4.79 Å². The molecule has 0 fully saturated rings. The summed E-state index contributed by atoms with van der Waals surface area (Å²) >= 11 is 0. The molecule has 2 unspecified atom stereocenters. The number of nitriles is 1. The lowest BCUT2D eigenvalue weighted by molar-refractivity contribution is -0.146. The van der Waals surface area contributed by atoms with Crippen molar-refractivity contribution in [3.63, 3.8) is 0 Å². The number of aryl methyl sites for hydroxylation is 1. The first-order chi connectivity index (χ1) is 12.6. The molecule has 140 valence electrons. The number of nitrogens with one attached hydrogen (secondary N) is 1. The smallest absolute Gasteiger partial charge is 0.323 e. The van der Waals surface area contributed by atoms with E-state index in [0.29, 0.717) is 6.61 Å². The first-order valence-electron chi connectivity index (χ1n) is 9.77. The number of aromatic nitrogens is 1. The standard InChI is InChI=1S/C22H30N2O2/c1-4-6-7-8-9-12-17(19(15-23)22(25)26-5-2)21-16(3)24-20-14-11-10-13-18(20)21/h10-11,13-14,17,19,24H,4-9,12H2,1-3H3. The van der Waals surface area contributed by atoms with E-state index in [0.717, 1.165) is 41.4 Å². The Morgan fingerprint density at radius 3 is 2.62 bits per heavy atom. The van der Waals surface area contributed by atoms with Crippen molar-refractivity contribution in [1.82, 2.24) is 4.98 Å². The largest absolute Gasteiger partial charge is 0.465 e. The highest BCUT2D eigenvalue weighted by molar-refractivity contribution is 5.87. The van der Waals surface area contributed by atoms with Gasteiger partial charge in [-0.25, -0.2) is 0 Å². The van der Waals surface area contributed by atoms with E-state index in [9.17, 15) is 10.1 Å². The summed E-state index contributed by atoms with van der Waals surface area (Å²) in [4.78, 5) is 15.8. The average Bonchev–Trinajstić information content (AvgIpc) is 2.96. The Labute approximate surface area is 156 Å². The van der Waals surface area contributed by atoms with Crippen LogP contribution in [-0.4, -0.2) is 17.6 Å². The summed E-state index contributed by atoms with van der Waals surface area (Å²) in [5.74, 6) is -1.31. The Hall–Kier alpha value is -2.28. The summed E-state index contributed by atoms with van der Waals surface area (Å²) in [7, 11) is 0. The first kappa shape index (κ1) is 20.0. The SMILES string of the molecule is CCCCCCCC(c1c(C)[nH]c2ccccc12)C(C#N)C(=O)OCC. The number of fused-ring (bicyclic) bond motifs is 1. The van der Waals surface area contributed by atoms with Crippen LogP contribution in [0, 0.1) is 24.2 Å². The molecule has 0 aliphatic heterocycles. The van der Waals surface area contributed by atoms with Gasteiger partial charge in [0.1, 0.15) is 0 Å². The van der Waals surface area contributed by atoms with E-state index in [1.807, 2.05) is 25.1 Å². The van der Waals surface area contributed by atoms with Crippen molar-refractivity contribution in [1.29, 1.82) is 5.26 Å². The number of carbonyl (C=O) groups excluding carboxylic acids is 1. The molecule has 4 heteroatoms. The van der Waals surface area contributed by atoms with Gasteiger partial charge < -0.3 is 9.72 Å². The number of esters is 1. The molecular weight excluding hydrogens is 324 g/mol. The van der Waals surface area contributed by atoms with Gasteiger partial charge in [0.15, 0.2) is 5.92 Å². The van der Waals surface area contributed by atoms with Crippen LogP contribution in [0.1, 0.15) is 69.5 Å². The topological polar surface area (TPSA) is 65.9 Å². The van der Waals surface area contributed by atoms with Crippen LogP contribution in [0.3, 0.4) is 0 Å². The molecule has 0 aliphatic rings. The van der Waals surface area contributed by atoms with Crippen molar-refractivity contribution < 1.29 is 9.53 Å². The van der Waals surface area contributed by atoms with Gasteiger partial charge in [0.05, 0.1) is 12.7 Å². The predicted octanol–water partition coefficient (Wildman–Crippen LogP) is 5.62. The van der Waals surface area contributed by atoms with Crippen molar-refractivity contribution >= 4 is 16.9 Å². The van der Waals surface area contributed by atoms with Gasteiger partial charge >= 0.3 is 5.97 Å². The molecule has 0 bridgehead atoms. The molecule has 26 heavy (non-hydrogen) atoms. The van der Waals surface area contributed by atoms with Crippen LogP contribution in [-0.2, 0) is 9.53 Å². The number of nitrogens with zero attached hydrogens (tertiary/aromatic N) is 1. The first-order valence-corrected chi connectivity index (χ1v) is 9.77. The molecule has 1 aromatic carbocycles. The average molecular weight is 354 g/mol. The zero-order valence-corrected chi connectivity index (χ0v) is 16.2. The van der Waals surface area contributed by atoms with Gasteiger partial charge in [0, 0.05) is 22.5 Å². The van der Waals surface area contributed by atoms with E-state index < -0.39 is 11.9 Å². The minimum absolute atomic E-state index is 0.142. The van der Waals surface area contributed by atoms with Crippen molar-refractivity contribution in [2.75, 3.05) is 6.61 Å². The number of hydrogen-bond acceptors (Lipinski definition) is 3. The third-order valence-corrected chi connectivity index (χ3v) is 5.01.